The Morgan fingerprint density at radius 2 is 1.78 bits per heavy atom. The number of morpholine rings is 1. The van der Waals surface area contributed by atoms with E-state index in [1.165, 1.54) is 11.3 Å². The van der Waals surface area contributed by atoms with Crippen LogP contribution < -0.4 is 4.90 Å². The van der Waals surface area contributed by atoms with Gasteiger partial charge in [-0.05, 0) is 49.4 Å². The second kappa shape index (κ2) is 7.65. The smallest absolute Gasteiger partial charge is 0.0642 e. The molecule has 0 bridgehead atoms. The molecule has 0 atom stereocenters. The third-order valence-corrected chi connectivity index (χ3v) is 5.74. The van der Waals surface area contributed by atoms with Crippen molar-refractivity contribution in [2.75, 3.05) is 50.9 Å². The summed E-state index contributed by atoms with van der Waals surface area (Å²) in [5.74, 6) is 0. The third kappa shape index (κ3) is 3.87. The molecule has 0 aliphatic carbocycles. The molecule has 1 aromatic carbocycles. The monoisotopic (exact) mass is 318 g/mol. The fourth-order valence-electron chi connectivity index (χ4n) is 3.81. The largest absolute Gasteiger partial charge is 0.396 e. The predicted molar refractivity (Wildman–Crippen MR) is 93.8 cm³/mol. The highest BCUT2D eigenvalue weighted by atomic mass is 16.5. The van der Waals surface area contributed by atoms with E-state index in [0.717, 1.165) is 65.2 Å². The topological polar surface area (TPSA) is 35.9 Å². The van der Waals surface area contributed by atoms with Gasteiger partial charge in [0.15, 0.2) is 0 Å². The molecule has 4 nitrogen and oxygen atoms in total. The summed E-state index contributed by atoms with van der Waals surface area (Å²) < 4.78 is 5.48. The van der Waals surface area contributed by atoms with Crippen molar-refractivity contribution in [2.45, 2.75) is 32.7 Å². The number of rotatable bonds is 5. The van der Waals surface area contributed by atoms with Crippen LogP contribution in [0.2, 0.25) is 0 Å². The first kappa shape index (κ1) is 16.7. The number of hydrogen-bond donors (Lipinski definition) is 1. The van der Waals surface area contributed by atoms with Gasteiger partial charge < -0.3 is 14.7 Å². The summed E-state index contributed by atoms with van der Waals surface area (Å²) in [6, 6.07) is 8.79. The number of nitrogens with zero attached hydrogens (tertiary/aromatic N) is 2. The molecular weight excluding hydrogens is 288 g/mol. The Balaban J connectivity index is 1.65. The Bertz CT molecular complexity index is 486. The SMILES string of the molecule is CCC1(CO)CCN(Cc2ccccc2N2CCOCC2)CC1. The Labute approximate surface area is 140 Å². The second-order valence-electron chi connectivity index (χ2n) is 7.02. The molecule has 2 aliphatic rings. The number of ether oxygens (including phenoxy) is 1. The number of likely N-dealkylation sites (tertiary alicyclic amines) is 1. The Morgan fingerprint density at radius 3 is 2.43 bits per heavy atom. The molecule has 128 valence electrons. The summed E-state index contributed by atoms with van der Waals surface area (Å²) >= 11 is 0. The number of aliphatic hydroxyl groups excluding tert-OH is 1. The minimum absolute atomic E-state index is 0.167. The lowest BCUT2D eigenvalue weighted by atomic mass is 9.77. The first-order valence-corrected chi connectivity index (χ1v) is 9.00. The van der Waals surface area contributed by atoms with Crippen molar-refractivity contribution < 1.29 is 9.84 Å². The molecule has 0 unspecified atom stereocenters. The number of anilines is 1. The minimum atomic E-state index is 0.167. The first-order chi connectivity index (χ1) is 11.3. The van der Waals surface area contributed by atoms with Gasteiger partial charge in [-0.3, -0.25) is 4.90 Å². The number of aliphatic hydroxyl groups is 1. The quantitative estimate of drug-likeness (QED) is 0.905. The zero-order valence-electron chi connectivity index (χ0n) is 14.3. The Morgan fingerprint density at radius 1 is 1.09 bits per heavy atom. The van der Waals surface area contributed by atoms with E-state index >= 15 is 0 Å². The highest BCUT2D eigenvalue weighted by Crippen LogP contribution is 2.35. The molecule has 0 radical (unpaired) electrons. The van der Waals surface area contributed by atoms with Crippen LogP contribution in [0.3, 0.4) is 0 Å². The number of piperidine rings is 1. The third-order valence-electron chi connectivity index (χ3n) is 5.74. The van der Waals surface area contributed by atoms with Crippen LogP contribution in [-0.4, -0.2) is 56.0 Å². The van der Waals surface area contributed by atoms with Crippen LogP contribution in [0.25, 0.3) is 0 Å². The van der Waals surface area contributed by atoms with Crippen LogP contribution in [0.15, 0.2) is 24.3 Å². The van der Waals surface area contributed by atoms with E-state index in [4.69, 9.17) is 4.74 Å². The molecule has 0 saturated carbocycles. The van der Waals surface area contributed by atoms with E-state index in [1.807, 2.05) is 0 Å². The summed E-state index contributed by atoms with van der Waals surface area (Å²) in [6.45, 7) is 9.36. The van der Waals surface area contributed by atoms with Crippen molar-refractivity contribution in [1.82, 2.24) is 4.90 Å². The van der Waals surface area contributed by atoms with Gasteiger partial charge in [-0.15, -0.1) is 0 Å². The summed E-state index contributed by atoms with van der Waals surface area (Å²) in [5.41, 5.74) is 2.95. The lowest BCUT2D eigenvalue weighted by Gasteiger charge is -2.40. The zero-order valence-corrected chi connectivity index (χ0v) is 14.3. The molecule has 2 aliphatic heterocycles. The van der Waals surface area contributed by atoms with Gasteiger partial charge in [0.1, 0.15) is 0 Å². The molecule has 2 fully saturated rings. The van der Waals surface area contributed by atoms with Crippen LogP contribution in [0, 0.1) is 5.41 Å². The molecule has 3 rings (SSSR count). The van der Waals surface area contributed by atoms with Crippen molar-refractivity contribution in [3.8, 4) is 0 Å². The van der Waals surface area contributed by atoms with Crippen LogP contribution in [0.1, 0.15) is 31.7 Å². The summed E-state index contributed by atoms with van der Waals surface area (Å²) in [7, 11) is 0. The first-order valence-electron chi connectivity index (χ1n) is 9.00. The van der Waals surface area contributed by atoms with Gasteiger partial charge in [0, 0.05) is 31.9 Å². The van der Waals surface area contributed by atoms with E-state index in [-0.39, 0.29) is 5.41 Å². The van der Waals surface area contributed by atoms with E-state index in [1.54, 1.807) is 0 Å². The van der Waals surface area contributed by atoms with Crippen molar-refractivity contribution in [3.63, 3.8) is 0 Å². The van der Waals surface area contributed by atoms with Crippen molar-refractivity contribution in [2.24, 2.45) is 5.41 Å². The van der Waals surface area contributed by atoms with Crippen molar-refractivity contribution in [1.29, 1.82) is 0 Å². The molecule has 1 aromatic rings. The van der Waals surface area contributed by atoms with Crippen LogP contribution in [-0.2, 0) is 11.3 Å². The lowest BCUT2D eigenvalue weighted by Crippen LogP contribution is -2.42. The fourth-order valence-corrected chi connectivity index (χ4v) is 3.81. The van der Waals surface area contributed by atoms with Crippen LogP contribution in [0.5, 0.6) is 0 Å². The molecule has 0 aromatic heterocycles. The maximum atomic E-state index is 9.69. The zero-order chi connectivity index (χ0) is 16.1. The van der Waals surface area contributed by atoms with Gasteiger partial charge in [0.25, 0.3) is 0 Å². The molecule has 0 amide bonds. The Kier molecular flexibility index (Phi) is 5.57. The van der Waals surface area contributed by atoms with Gasteiger partial charge in [-0.1, -0.05) is 25.1 Å². The van der Waals surface area contributed by atoms with Crippen molar-refractivity contribution >= 4 is 5.69 Å². The fraction of sp³-hybridized carbons (Fsp3) is 0.684. The Hall–Kier alpha value is -1.10. The number of para-hydroxylation sites is 1. The van der Waals surface area contributed by atoms with Gasteiger partial charge in [-0.2, -0.15) is 0 Å². The average molecular weight is 318 g/mol. The molecule has 2 heterocycles. The van der Waals surface area contributed by atoms with Crippen molar-refractivity contribution in [3.05, 3.63) is 29.8 Å². The highest BCUT2D eigenvalue weighted by Gasteiger charge is 2.32. The predicted octanol–water partition coefficient (Wildman–Crippen LogP) is 2.51. The van der Waals surface area contributed by atoms with E-state index in [0.29, 0.717) is 6.61 Å². The van der Waals surface area contributed by atoms with E-state index < -0.39 is 0 Å². The highest BCUT2D eigenvalue weighted by molar-refractivity contribution is 5.53. The second-order valence-corrected chi connectivity index (χ2v) is 7.02. The van der Waals surface area contributed by atoms with Gasteiger partial charge in [-0.25, -0.2) is 0 Å². The molecule has 23 heavy (non-hydrogen) atoms. The van der Waals surface area contributed by atoms with E-state index in [2.05, 4.69) is 41.0 Å². The van der Waals surface area contributed by atoms with Crippen LogP contribution in [0.4, 0.5) is 5.69 Å². The summed E-state index contributed by atoms with van der Waals surface area (Å²) in [4.78, 5) is 5.00. The number of hydrogen-bond acceptors (Lipinski definition) is 4. The normalized spacial score (nSPS) is 22.3. The summed E-state index contributed by atoms with van der Waals surface area (Å²) in [6.07, 6.45) is 3.31. The number of benzene rings is 1. The standard InChI is InChI=1S/C19H30N2O2/c1-2-19(16-22)7-9-20(10-8-19)15-17-5-3-4-6-18(17)21-11-13-23-14-12-21/h3-6,22H,2,7-16H2,1H3. The molecule has 4 heteroatoms. The minimum Gasteiger partial charge on any atom is -0.396 e. The molecular formula is C19H30N2O2. The van der Waals surface area contributed by atoms with Gasteiger partial charge in [0.05, 0.1) is 13.2 Å². The van der Waals surface area contributed by atoms with Gasteiger partial charge >= 0.3 is 0 Å². The lowest BCUT2D eigenvalue weighted by molar-refractivity contribution is 0.0382. The maximum absolute atomic E-state index is 9.69. The maximum Gasteiger partial charge on any atom is 0.0642 e. The van der Waals surface area contributed by atoms with Crippen LogP contribution >= 0.6 is 0 Å². The van der Waals surface area contributed by atoms with E-state index in [9.17, 15) is 5.11 Å². The summed E-state index contributed by atoms with van der Waals surface area (Å²) in [5, 5.41) is 9.69. The molecule has 0 spiro atoms. The van der Waals surface area contributed by atoms with Gasteiger partial charge in [0.2, 0.25) is 0 Å². The average Bonchev–Trinajstić information content (AvgIpc) is 2.64. The molecule has 1 N–H and O–H groups in total. The molecule has 2 saturated heterocycles.